The SMILES string of the molecule is Nc1nc(NCCO)ccc1-c1cc(Cc2ccc(OCc3ccccc3)nc2)no1. The molecule has 0 aliphatic heterocycles. The molecule has 158 valence electrons. The molecule has 4 aromatic rings. The molecule has 0 fully saturated rings. The fourth-order valence-corrected chi connectivity index (χ4v) is 3.03. The van der Waals surface area contributed by atoms with E-state index >= 15 is 0 Å². The maximum absolute atomic E-state index is 8.89. The molecule has 0 spiro atoms. The zero-order valence-electron chi connectivity index (χ0n) is 16.9. The first-order chi connectivity index (χ1) is 15.2. The molecule has 0 aliphatic rings. The van der Waals surface area contributed by atoms with Gasteiger partial charge in [0.2, 0.25) is 5.88 Å². The number of nitrogens with one attached hydrogen (secondary N) is 1. The van der Waals surface area contributed by atoms with Gasteiger partial charge in [-0.2, -0.15) is 0 Å². The van der Waals surface area contributed by atoms with Crippen LogP contribution in [0.4, 0.5) is 11.6 Å². The van der Waals surface area contributed by atoms with Crippen molar-refractivity contribution in [2.75, 3.05) is 24.2 Å². The average molecular weight is 417 g/mol. The summed E-state index contributed by atoms with van der Waals surface area (Å²) in [5.41, 5.74) is 9.55. The lowest BCUT2D eigenvalue weighted by atomic mass is 10.1. The molecule has 3 heterocycles. The number of nitrogens with two attached hydrogens (primary N) is 1. The zero-order valence-corrected chi connectivity index (χ0v) is 16.9. The Morgan fingerprint density at radius 3 is 2.65 bits per heavy atom. The van der Waals surface area contributed by atoms with Gasteiger partial charge in [0.05, 0.1) is 17.9 Å². The van der Waals surface area contributed by atoms with Gasteiger partial charge in [-0.1, -0.05) is 41.6 Å². The van der Waals surface area contributed by atoms with Crippen molar-refractivity contribution in [3.05, 3.63) is 83.7 Å². The van der Waals surface area contributed by atoms with Crippen molar-refractivity contribution in [3.63, 3.8) is 0 Å². The summed E-state index contributed by atoms with van der Waals surface area (Å²) in [6, 6.07) is 19.2. The minimum atomic E-state index is 0.0176. The van der Waals surface area contributed by atoms with E-state index in [1.165, 1.54) is 0 Å². The minimum absolute atomic E-state index is 0.0176. The summed E-state index contributed by atoms with van der Waals surface area (Å²) in [4.78, 5) is 8.64. The zero-order chi connectivity index (χ0) is 21.5. The van der Waals surface area contributed by atoms with Gasteiger partial charge in [-0.15, -0.1) is 0 Å². The maximum Gasteiger partial charge on any atom is 0.213 e. The first kappa shape index (κ1) is 20.4. The molecule has 3 aromatic heterocycles. The second-order valence-electron chi connectivity index (χ2n) is 6.92. The molecular formula is C23H23N5O3. The van der Waals surface area contributed by atoms with Crippen LogP contribution in [0.5, 0.6) is 5.88 Å². The topological polar surface area (TPSA) is 119 Å². The Bertz CT molecular complexity index is 1110. The summed E-state index contributed by atoms with van der Waals surface area (Å²) >= 11 is 0. The van der Waals surface area contributed by atoms with Crippen LogP contribution in [0.15, 0.2) is 71.4 Å². The number of anilines is 2. The molecule has 1 aromatic carbocycles. The monoisotopic (exact) mass is 417 g/mol. The predicted octanol–water partition coefficient (Wildman–Crippen LogP) is 3.29. The number of aliphatic hydroxyl groups excluding tert-OH is 1. The Kier molecular flexibility index (Phi) is 6.39. The second-order valence-corrected chi connectivity index (χ2v) is 6.92. The van der Waals surface area contributed by atoms with Gasteiger partial charge in [-0.3, -0.25) is 0 Å². The van der Waals surface area contributed by atoms with Crippen LogP contribution in [0, 0.1) is 0 Å². The molecule has 0 amide bonds. The number of pyridine rings is 2. The number of hydrogen-bond donors (Lipinski definition) is 3. The largest absolute Gasteiger partial charge is 0.473 e. The van der Waals surface area contributed by atoms with Gasteiger partial charge in [-0.05, 0) is 23.3 Å². The summed E-state index contributed by atoms with van der Waals surface area (Å²) in [5.74, 6) is 2.04. The van der Waals surface area contributed by atoms with Crippen LogP contribution in [0.25, 0.3) is 11.3 Å². The summed E-state index contributed by atoms with van der Waals surface area (Å²) in [6.07, 6.45) is 2.34. The van der Waals surface area contributed by atoms with Gasteiger partial charge in [0, 0.05) is 31.3 Å². The number of rotatable bonds is 9. The molecule has 0 unspecified atom stereocenters. The number of benzene rings is 1. The first-order valence-corrected chi connectivity index (χ1v) is 9.90. The van der Waals surface area contributed by atoms with Gasteiger partial charge in [0.1, 0.15) is 18.2 Å². The lowest BCUT2D eigenvalue weighted by molar-refractivity contribution is 0.294. The van der Waals surface area contributed by atoms with Gasteiger partial charge in [0.25, 0.3) is 0 Å². The smallest absolute Gasteiger partial charge is 0.213 e. The Balaban J connectivity index is 1.37. The van der Waals surface area contributed by atoms with E-state index in [0.29, 0.717) is 48.4 Å². The lowest BCUT2D eigenvalue weighted by Gasteiger charge is -2.06. The fraction of sp³-hybridized carbons (Fsp3) is 0.174. The molecule has 4 rings (SSSR count). The summed E-state index contributed by atoms with van der Waals surface area (Å²) < 4.78 is 11.2. The normalized spacial score (nSPS) is 10.7. The van der Waals surface area contributed by atoms with E-state index in [4.69, 9.17) is 20.1 Å². The summed E-state index contributed by atoms with van der Waals surface area (Å²) in [6.45, 7) is 0.899. The number of aliphatic hydroxyl groups is 1. The fourth-order valence-electron chi connectivity index (χ4n) is 3.03. The van der Waals surface area contributed by atoms with E-state index < -0.39 is 0 Å². The molecule has 31 heavy (non-hydrogen) atoms. The maximum atomic E-state index is 8.89. The van der Waals surface area contributed by atoms with Crippen molar-refractivity contribution in [1.82, 2.24) is 15.1 Å². The second kappa shape index (κ2) is 9.73. The van der Waals surface area contributed by atoms with Crippen LogP contribution in [0.1, 0.15) is 16.8 Å². The van der Waals surface area contributed by atoms with E-state index in [2.05, 4.69) is 20.4 Å². The third kappa shape index (κ3) is 5.37. The minimum Gasteiger partial charge on any atom is -0.473 e. The highest BCUT2D eigenvalue weighted by Gasteiger charge is 2.12. The summed E-state index contributed by atoms with van der Waals surface area (Å²) in [5, 5.41) is 16.0. The highest BCUT2D eigenvalue weighted by atomic mass is 16.5. The van der Waals surface area contributed by atoms with E-state index in [-0.39, 0.29) is 6.61 Å². The molecule has 0 saturated heterocycles. The molecule has 4 N–H and O–H groups in total. The van der Waals surface area contributed by atoms with Crippen molar-refractivity contribution in [1.29, 1.82) is 0 Å². The first-order valence-electron chi connectivity index (χ1n) is 9.90. The predicted molar refractivity (Wildman–Crippen MR) is 118 cm³/mol. The average Bonchev–Trinajstić information content (AvgIpc) is 3.26. The van der Waals surface area contributed by atoms with Gasteiger partial charge >= 0.3 is 0 Å². The third-order valence-electron chi connectivity index (χ3n) is 4.58. The van der Waals surface area contributed by atoms with Crippen molar-refractivity contribution in [3.8, 4) is 17.2 Å². The Labute approximate surface area is 179 Å². The molecular weight excluding hydrogens is 394 g/mol. The molecule has 8 heteroatoms. The van der Waals surface area contributed by atoms with Crippen molar-refractivity contribution >= 4 is 11.6 Å². The van der Waals surface area contributed by atoms with Gasteiger partial charge in [-0.25, -0.2) is 9.97 Å². The standard InChI is InChI=1S/C23H23N5O3/c24-23-19(7-8-21(27-23)25-10-11-29)20-13-18(28-31-20)12-17-6-9-22(26-14-17)30-15-16-4-2-1-3-5-16/h1-9,13-14,29H,10-12,15H2,(H3,24,25,27). The number of ether oxygens (including phenoxy) is 1. The number of nitrogens with zero attached hydrogens (tertiary/aromatic N) is 3. The number of hydrogen-bond acceptors (Lipinski definition) is 8. The number of nitrogen functional groups attached to an aromatic ring is 1. The molecule has 8 nitrogen and oxygen atoms in total. The van der Waals surface area contributed by atoms with Crippen LogP contribution >= 0.6 is 0 Å². The third-order valence-corrected chi connectivity index (χ3v) is 4.58. The van der Waals surface area contributed by atoms with E-state index in [9.17, 15) is 0 Å². The highest BCUT2D eigenvalue weighted by Crippen LogP contribution is 2.27. The molecule has 0 radical (unpaired) electrons. The summed E-state index contributed by atoms with van der Waals surface area (Å²) in [7, 11) is 0. The van der Waals surface area contributed by atoms with Crippen molar-refractivity contribution in [2.45, 2.75) is 13.0 Å². The van der Waals surface area contributed by atoms with Crippen molar-refractivity contribution < 1.29 is 14.4 Å². The number of aromatic nitrogens is 3. The van der Waals surface area contributed by atoms with Crippen molar-refractivity contribution in [2.24, 2.45) is 0 Å². The van der Waals surface area contributed by atoms with E-state index in [1.807, 2.05) is 54.6 Å². The highest BCUT2D eigenvalue weighted by molar-refractivity contribution is 5.71. The van der Waals surface area contributed by atoms with Gasteiger partial charge in [0.15, 0.2) is 5.76 Å². The Hall–Kier alpha value is -3.91. The van der Waals surface area contributed by atoms with Gasteiger partial charge < -0.3 is 25.4 Å². The van der Waals surface area contributed by atoms with Crippen LogP contribution in [0.2, 0.25) is 0 Å². The van der Waals surface area contributed by atoms with Crippen LogP contribution < -0.4 is 15.8 Å². The Morgan fingerprint density at radius 2 is 1.90 bits per heavy atom. The van der Waals surface area contributed by atoms with E-state index in [1.54, 1.807) is 12.3 Å². The molecule has 0 aliphatic carbocycles. The van der Waals surface area contributed by atoms with Crippen LogP contribution in [-0.4, -0.2) is 33.4 Å². The molecule has 0 bridgehead atoms. The van der Waals surface area contributed by atoms with E-state index in [0.717, 1.165) is 16.8 Å². The van der Waals surface area contributed by atoms with Crippen LogP contribution in [-0.2, 0) is 13.0 Å². The quantitative estimate of drug-likeness (QED) is 0.380. The molecule has 0 saturated carbocycles. The van der Waals surface area contributed by atoms with Crippen LogP contribution in [0.3, 0.4) is 0 Å². The molecule has 0 atom stereocenters. The Morgan fingerprint density at radius 1 is 1.03 bits per heavy atom. The lowest BCUT2D eigenvalue weighted by Crippen LogP contribution is -2.08.